The van der Waals surface area contributed by atoms with Crippen LogP contribution in [0.1, 0.15) is 19.4 Å². The Hall–Kier alpha value is -1.10. The molecule has 3 nitrogen and oxygen atoms in total. The van der Waals surface area contributed by atoms with Gasteiger partial charge < -0.3 is 9.87 Å². The molecule has 0 bridgehead atoms. The number of hydrogen-bond acceptors (Lipinski definition) is 4. The maximum Gasteiger partial charge on any atom is 0.0714 e. The lowest BCUT2D eigenvalue weighted by Crippen LogP contribution is -2.10. The average Bonchev–Trinajstić information content (AvgIpc) is 2.46. The van der Waals surface area contributed by atoms with E-state index in [-0.39, 0.29) is 0 Å². The molecule has 2 N–H and O–H groups in total. The topological polar surface area (TPSA) is 45.2 Å². The van der Waals surface area contributed by atoms with Gasteiger partial charge in [-0.05, 0) is 43.8 Å². The maximum absolute atomic E-state index is 8.95. The third kappa shape index (κ3) is 3.98. The Labute approximate surface area is 113 Å². The molecule has 0 fully saturated rings. The zero-order chi connectivity index (χ0) is 13.4. The highest BCUT2D eigenvalue weighted by atomic mass is 32.2. The van der Waals surface area contributed by atoms with Crippen molar-refractivity contribution in [2.24, 2.45) is 0 Å². The van der Waals surface area contributed by atoms with Crippen molar-refractivity contribution in [3.8, 4) is 0 Å². The third-order valence-electron chi connectivity index (χ3n) is 2.48. The summed E-state index contributed by atoms with van der Waals surface area (Å²) in [4.78, 5) is 5.21. The Morgan fingerprint density at radius 1 is 1.28 bits per heavy atom. The molecule has 0 aliphatic rings. The van der Waals surface area contributed by atoms with E-state index in [0.29, 0.717) is 0 Å². The molecule has 0 spiro atoms. The van der Waals surface area contributed by atoms with Crippen molar-refractivity contribution in [2.45, 2.75) is 25.2 Å². The van der Waals surface area contributed by atoms with Crippen LogP contribution in [0.2, 0.25) is 0 Å². The van der Waals surface area contributed by atoms with Gasteiger partial charge in [-0.3, -0.25) is 4.98 Å². The maximum atomic E-state index is 8.95. The second-order valence-electron chi connectivity index (χ2n) is 3.64. The highest BCUT2D eigenvalue weighted by molar-refractivity contribution is 7.93. The molecule has 0 radical (unpaired) electrons. The molecule has 0 unspecified atom stereocenters. The van der Waals surface area contributed by atoms with Crippen molar-refractivity contribution < 1.29 is 4.55 Å². The van der Waals surface area contributed by atoms with Gasteiger partial charge in [0.25, 0.3) is 0 Å². The number of pyridine rings is 1. The van der Waals surface area contributed by atoms with E-state index in [1.165, 1.54) is 5.56 Å². The van der Waals surface area contributed by atoms with Crippen molar-refractivity contribution >= 4 is 22.9 Å². The van der Waals surface area contributed by atoms with Crippen LogP contribution in [0.4, 0.5) is 0 Å². The fourth-order valence-corrected chi connectivity index (χ4v) is 1.90. The van der Waals surface area contributed by atoms with E-state index < -0.39 is 0 Å². The van der Waals surface area contributed by atoms with Gasteiger partial charge in [0.15, 0.2) is 0 Å². The summed E-state index contributed by atoms with van der Waals surface area (Å²) in [5, 5.41) is 4.24. The third-order valence-corrected chi connectivity index (χ3v) is 2.95. The minimum atomic E-state index is 0.752. The molecule has 98 valence electrons. The number of likely N-dealkylation sites (N-methyl/N-ethyl adjacent to an activating group) is 1. The largest absolute Gasteiger partial charge is 0.325 e. The average molecular weight is 264 g/mol. The number of rotatable bonds is 4. The van der Waals surface area contributed by atoms with Crippen LogP contribution < -0.4 is 5.32 Å². The standard InChI is InChI=1S/C12H14N2OS.C2H6/c1-13-5-4-9-6-10-2-3-11(16-15)7-12(10)14-8-9;1-2/h2-3,6-8,13,15H,4-5H2,1H3;1-2H3. The summed E-state index contributed by atoms with van der Waals surface area (Å²) in [5.41, 5.74) is 2.15. The summed E-state index contributed by atoms with van der Waals surface area (Å²) < 4.78 is 8.95. The molecule has 0 atom stereocenters. The van der Waals surface area contributed by atoms with Crippen molar-refractivity contribution in [3.05, 3.63) is 36.0 Å². The molecule has 0 saturated heterocycles. The predicted octanol–water partition coefficient (Wildman–Crippen LogP) is 3.59. The highest BCUT2D eigenvalue weighted by Crippen LogP contribution is 2.20. The second kappa shape index (κ2) is 8.08. The van der Waals surface area contributed by atoms with Gasteiger partial charge in [-0.25, -0.2) is 0 Å². The normalized spacial score (nSPS) is 10.0. The monoisotopic (exact) mass is 264 g/mol. The molecule has 0 saturated carbocycles. The molecule has 1 aromatic heterocycles. The summed E-state index contributed by atoms with van der Waals surface area (Å²) in [6.07, 6.45) is 2.88. The van der Waals surface area contributed by atoms with Gasteiger partial charge in [0.1, 0.15) is 0 Å². The SMILES string of the molecule is CC.CNCCc1cnc2cc(SO)ccc2c1. The van der Waals surface area contributed by atoms with E-state index in [0.717, 1.165) is 40.8 Å². The first-order valence-electron chi connectivity index (χ1n) is 6.18. The van der Waals surface area contributed by atoms with Crippen LogP contribution in [0.3, 0.4) is 0 Å². The van der Waals surface area contributed by atoms with Crippen LogP contribution in [0.5, 0.6) is 0 Å². The molecular formula is C14H20N2OS. The lowest BCUT2D eigenvalue weighted by molar-refractivity contribution is 0.664. The molecule has 1 aromatic carbocycles. The fraction of sp³-hybridized carbons (Fsp3) is 0.357. The number of benzene rings is 1. The van der Waals surface area contributed by atoms with Gasteiger partial charge in [-0.1, -0.05) is 19.9 Å². The number of nitrogens with one attached hydrogen (secondary N) is 1. The molecule has 2 aromatic rings. The van der Waals surface area contributed by atoms with E-state index in [1.807, 2.05) is 45.3 Å². The summed E-state index contributed by atoms with van der Waals surface area (Å²) in [7, 11) is 1.94. The van der Waals surface area contributed by atoms with Crippen LogP contribution in [0.25, 0.3) is 10.9 Å². The fourth-order valence-electron chi connectivity index (χ4n) is 1.61. The lowest BCUT2D eigenvalue weighted by Gasteiger charge is -2.03. The van der Waals surface area contributed by atoms with E-state index in [4.69, 9.17) is 4.55 Å². The molecule has 1 heterocycles. The first-order valence-corrected chi connectivity index (χ1v) is 6.95. The van der Waals surface area contributed by atoms with Gasteiger partial charge in [0, 0.05) is 28.5 Å². The second-order valence-corrected chi connectivity index (χ2v) is 4.30. The lowest BCUT2D eigenvalue weighted by atomic mass is 10.1. The number of aromatic nitrogens is 1. The number of nitrogens with zero attached hydrogens (tertiary/aromatic N) is 1. The van der Waals surface area contributed by atoms with Gasteiger partial charge in [-0.15, -0.1) is 0 Å². The molecular weight excluding hydrogens is 244 g/mol. The first-order chi connectivity index (χ1) is 8.83. The minimum Gasteiger partial charge on any atom is -0.325 e. The van der Waals surface area contributed by atoms with Crippen molar-refractivity contribution in [3.63, 3.8) is 0 Å². The van der Waals surface area contributed by atoms with Crippen LogP contribution in [0.15, 0.2) is 35.4 Å². The van der Waals surface area contributed by atoms with Crippen molar-refractivity contribution in [1.29, 1.82) is 0 Å². The van der Waals surface area contributed by atoms with Gasteiger partial charge in [0.05, 0.1) is 5.52 Å². The number of hydrogen-bond donors (Lipinski definition) is 2. The van der Waals surface area contributed by atoms with Crippen molar-refractivity contribution in [1.82, 2.24) is 10.3 Å². The molecule has 0 aliphatic heterocycles. The predicted molar refractivity (Wildman–Crippen MR) is 79.2 cm³/mol. The van der Waals surface area contributed by atoms with E-state index in [2.05, 4.69) is 16.4 Å². The molecule has 0 amide bonds. The van der Waals surface area contributed by atoms with Crippen LogP contribution in [-0.2, 0) is 6.42 Å². The smallest absolute Gasteiger partial charge is 0.0714 e. The Morgan fingerprint density at radius 2 is 2.06 bits per heavy atom. The van der Waals surface area contributed by atoms with E-state index >= 15 is 0 Å². The van der Waals surface area contributed by atoms with E-state index in [9.17, 15) is 0 Å². The van der Waals surface area contributed by atoms with Gasteiger partial charge in [-0.2, -0.15) is 0 Å². The zero-order valence-corrected chi connectivity index (χ0v) is 11.9. The quantitative estimate of drug-likeness (QED) is 0.828. The van der Waals surface area contributed by atoms with Gasteiger partial charge >= 0.3 is 0 Å². The highest BCUT2D eigenvalue weighted by Gasteiger charge is 2.00. The Morgan fingerprint density at radius 3 is 2.72 bits per heavy atom. The Kier molecular flexibility index (Phi) is 6.72. The summed E-state index contributed by atoms with van der Waals surface area (Å²) in [6.45, 7) is 4.96. The van der Waals surface area contributed by atoms with Crippen LogP contribution in [-0.4, -0.2) is 23.1 Å². The Balaban J connectivity index is 0.000000771. The molecule has 4 heteroatoms. The van der Waals surface area contributed by atoms with Crippen LogP contribution >= 0.6 is 12.0 Å². The van der Waals surface area contributed by atoms with Gasteiger partial charge in [0.2, 0.25) is 0 Å². The minimum absolute atomic E-state index is 0.752. The number of fused-ring (bicyclic) bond motifs is 1. The zero-order valence-electron chi connectivity index (χ0n) is 11.1. The van der Waals surface area contributed by atoms with Crippen LogP contribution in [0, 0.1) is 0 Å². The molecule has 2 rings (SSSR count). The Bertz CT molecular complexity index is 488. The first kappa shape index (κ1) is 15.0. The summed E-state index contributed by atoms with van der Waals surface area (Å²) in [6, 6.07) is 7.92. The molecule has 0 aliphatic carbocycles. The van der Waals surface area contributed by atoms with E-state index in [1.54, 1.807) is 0 Å². The summed E-state index contributed by atoms with van der Waals surface area (Å²) in [5.74, 6) is 0. The molecule has 18 heavy (non-hydrogen) atoms. The van der Waals surface area contributed by atoms with Crippen molar-refractivity contribution in [2.75, 3.05) is 13.6 Å². The summed E-state index contributed by atoms with van der Waals surface area (Å²) >= 11 is 0.752.